The molecule has 11 N–H and O–H groups in total. The first-order chi connectivity index (χ1) is 48.1. The first kappa shape index (κ1) is 80.6. The molecule has 0 bridgehead atoms. The Hall–Kier alpha value is -9.38. The third-order valence-electron chi connectivity index (χ3n) is 13.4. The van der Waals surface area contributed by atoms with Crippen LogP contribution in [0.15, 0.2) is 165 Å². The number of pyridine rings is 4. The van der Waals surface area contributed by atoms with Crippen molar-refractivity contribution in [3.05, 3.63) is 232 Å². The number of aryl methyl sites for hydroxylation is 5. The van der Waals surface area contributed by atoms with Gasteiger partial charge in [0.15, 0.2) is 0 Å². The highest BCUT2D eigenvalue weighted by atomic mass is 127. The molecule has 0 aliphatic rings. The molecule has 0 aliphatic heterocycles. The van der Waals surface area contributed by atoms with Gasteiger partial charge in [0.2, 0.25) is 5.82 Å². The standard InChI is InChI=1S/C18H16BrF2N5O2.C16H17BrFN3O5.C16H18BrN3O3.C15H15FIN3O4/c1-3-7-22-18-25-24-16(28-18)11-9-26(4-2)17(27)14(21)15(11)23-13-6-5-10(19)8-12(13)20;1-21-6-11(16(25)20-26-8-10(23)7-22)14(5-15(21)24)19-13-3-2-9(17)4-12(13)18;1-4-23-19-16(22)12-9-20(3)15(21)8-14(12)18-13-6-5-11(17)7-10(13)2;1-20-8-10(15(23)19-24-5-4-21)13(7-14(20)22)18-12-3-2-9(17)6-11(12)16/h3,5-6,8-9,23H,1,4,7H2,2H3,(H,22,25);2-6,10,19,22-23H,7-8H2,1H3,(H,20,25);5-9,18H,4H2,1-3H3,(H,19,22);2-3,6-8,18,21H,4-5H2,1H3,(H,19,23). The summed E-state index contributed by atoms with van der Waals surface area (Å²) in [5.41, 5.74) is 7.70. The van der Waals surface area contributed by atoms with Crippen molar-refractivity contribution >= 4 is 140 Å². The number of aromatic nitrogens is 6. The lowest BCUT2D eigenvalue weighted by molar-refractivity contribution is -0.0295. The maximum absolute atomic E-state index is 14.9. The van der Waals surface area contributed by atoms with Crippen molar-refractivity contribution in [1.82, 2.24) is 44.9 Å². The Bertz CT molecular complexity index is 4700. The molecule has 9 rings (SSSR count). The van der Waals surface area contributed by atoms with Gasteiger partial charge in [-0.1, -0.05) is 59.0 Å². The topological polar surface area (TPSA) is 363 Å². The lowest BCUT2D eigenvalue weighted by Gasteiger charge is -2.14. The predicted molar refractivity (Wildman–Crippen MR) is 389 cm³/mol. The van der Waals surface area contributed by atoms with E-state index < -0.39 is 64.8 Å². The Morgan fingerprint density at radius 3 is 1.53 bits per heavy atom. The normalized spacial score (nSPS) is 10.9. The second-order valence-electron chi connectivity index (χ2n) is 20.8. The second-order valence-corrected chi connectivity index (χ2v) is 24.8. The number of aliphatic hydroxyl groups excluding tert-OH is 3. The van der Waals surface area contributed by atoms with Crippen molar-refractivity contribution in [3.63, 3.8) is 0 Å². The van der Waals surface area contributed by atoms with E-state index in [9.17, 15) is 56.2 Å². The van der Waals surface area contributed by atoms with Crippen molar-refractivity contribution in [2.75, 3.05) is 66.2 Å². The largest absolute Gasteiger partial charge is 0.403 e. The second kappa shape index (κ2) is 39.0. The summed E-state index contributed by atoms with van der Waals surface area (Å²) in [6.45, 7) is 8.76. The number of halogens is 8. The molecule has 36 heteroatoms. The molecule has 5 aromatic heterocycles. The van der Waals surface area contributed by atoms with Crippen LogP contribution >= 0.6 is 70.4 Å². The molecular formula is C65H66Br3F4IN14O14. The van der Waals surface area contributed by atoms with Crippen LogP contribution in [-0.4, -0.2) is 107 Å². The van der Waals surface area contributed by atoms with Crippen molar-refractivity contribution in [1.29, 1.82) is 0 Å². The summed E-state index contributed by atoms with van der Waals surface area (Å²) in [5, 5.41) is 48.3. The molecule has 0 saturated heterocycles. The van der Waals surface area contributed by atoms with Gasteiger partial charge in [0, 0.05) is 99.9 Å². The maximum Gasteiger partial charge on any atom is 0.315 e. The lowest BCUT2D eigenvalue weighted by Crippen LogP contribution is -2.31. The smallest absolute Gasteiger partial charge is 0.315 e. The first-order valence-corrected chi connectivity index (χ1v) is 33.1. The number of hydrogen-bond donors (Lipinski definition) is 11. The maximum atomic E-state index is 14.9. The average Bonchev–Trinajstić information content (AvgIpc) is 1.48. The van der Waals surface area contributed by atoms with E-state index in [4.69, 9.17) is 29.1 Å². The zero-order chi connectivity index (χ0) is 74.2. The number of hydrogen-bond acceptors (Lipinski definition) is 21. The van der Waals surface area contributed by atoms with Gasteiger partial charge >= 0.3 is 6.01 Å². The van der Waals surface area contributed by atoms with Crippen LogP contribution in [-0.2, 0) is 42.2 Å². The van der Waals surface area contributed by atoms with E-state index in [0.29, 0.717) is 33.3 Å². The fourth-order valence-corrected chi connectivity index (χ4v) is 9.88. The molecule has 0 fully saturated rings. The Balaban J connectivity index is 0.000000213. The molecule has 1 atom stereocenters. The minimum absolute atomic E-state index is 0.0125. The Labute approximate surface area is 611 Å². The lowest BCUT2D eigenvalue weighted by atomic mass is 10.1. The van der Waals surface area contributed by atoms with Crippen LogP contribution in [0.2, 0.25) is 0 Å². The highest BCUT2D eigenvalue weighted by Gasteiger charge is 2.24. The molecule has 0 saturated carbocycles. The quantitative estimate of drug-likeness (QED) is 0.00833. The third kappa shape index (κ3) is 23.3. The molecule has 4 aromatic carbocycles. The summed E-state index contributed by atoms with van der Waals surface area (Å²) < 4.78 is 70.2. The number of carbonyl (C=O) groups is 3. The van der Waals surface area contributed by atoms with Gasteiger partial charge in [-0.25, -0.2) is 29.6 Å². The van der Waals surface area contributed by atoms with Gasteiger partial charge in [0.25, 0.3) is 45.8 Å². The summed E-state index contributed by atoms with van der Waals surface area (Å²) in [4.78, 5) is 99.1. The Kier molecular flexibility index (Phi) is 31.1. The number of hydroxylamine groups is 3. The summed E-state index contributed by atoms with van der Waals surface area (Å²) in [5.74, 6) is -4.59. The summed E-state index contributed by atoms with van der Waals surface area (Å²) in [6, 6.07) is 22.6. The number of nitrogens with zero attached hydrogens (tertiary/aromatic N) is 6. The SMILES string of the molecule is C=CCNc1nnc(-c2cn(CC)c(=O)c(F)c2Nc2ccc(Br)cc2F)o1.CCONC(=O)c1cn(C)c(=O)cc1Nc1ccc(Br)cc1C.Cn1cc(C(=O)NOCC(O)CO)c(Nc2ccc(Br)cc2F)cc1=O.Cn1cc(C(=O)NOCCO)c(Nc2ccc(I)cc2F)cc1=O. The van der Waals surface area contributed by atoms with Crippen LogP contribution in [0.3, 0.4) is 0 Å². The van der Waals surface area contributed by atoms with Crippen molar-refractivity contribution in [2.45, 2.75) is 33.4 Å². The molecule has 0 aliphatic carbocycles. The van der Waals surface area contributed by atoms with E-state index in [-0.39, 0.29) is 100 Å². The predicted octanol–water partition coefficient (Wildman–Crippen LogP) is 9.75. The number of anilines is 9. The van der Waals surface area contributed by atoms with Gasteiger partial charge in [0.05, 0.1) is 88.5 Å². The van der Waals surface area contributed by atoms with Gasteiger partial charge < -0.3 is 64.6 Å². The van der Waals surface area contributed by atoms with Crippen LogP contribution in [0.5, 0.6) is 0 Å². The van der Waals surface area contributed by atoms with E-state index in [1.807, 2.05) is 47.7 Å². The van der Waals surface area contributed by atoms with E-state index in [1.165, 1.54) is 101 Å². The number of amides is 3. The summed E-state index contributed by atoms with van der Waals surface area (Å²) in [6.07, 6.45) is 5.90. The number of carbonyl (C=O) groups excluding carboxylic acids is 3. The molecule has 5 heterocycles. The number of nitrogens with one attached hydrogen (secondary N) is 8. The monoisotopic (exact) mass is 1710 g/mol. The minimum atomic E-state index is -1.15. The van der Waals surface area contributed by atoms with Crippen LogP contribution in [0.25, 0.3) is 11.5 Å². The fourth-order valence-electron chi connectivity index (χ4n) is 8.29. The summed E-state index contributed by atoms with van der Waals surface area (Å²) in [7, 11) is 4.54. The van der Waals surface area contributed by atoms with E-state index in [0.717, 1.165) is 29.9 Å². The molecule has 9 aromatic rings. The zero-order valence-electron chi connectivity index (χ0n) is 54.3. The molecule has 536 valence electrons. The molecule has 1 unspecified atom stereocenters. The van der Waals surface area contributed by atoms with Gasteiger partial charge in [-0.2, -0.15) is 4.39 Å². The van der Waals surface area contributed by atoms with Crippen molar-refractivity contribution < 1.29 is 66.2 Å². The molecule has 0 radical (unpaired) electrons. The van der Waals surface area contributed by atoms with Gasteiger partial charge in [-0.3, -0.25) is 48.1 Å². The van der Waals surface area contributed by atoms with Crippen LogP contribution < -0.4 is 65.3 Å². The van der Waals surface area contributed by atoms with Crippen LogP contribution in [0.4, 0.5) is 69.1 Å². The van der Waals surface area contributed by atoms with E-state index in [1.54, 1.807) is 45.2 Å². The van der Waals surface area contributed by atoms with Crippen LogP contribution in [0, 0.1) is 33.8 Å². The molecule has 101 heavy (non-hydrogen) atoms. The van der Waals surface area contributed by atoms with Gasteiger partial charge in [-0.05, 0) is 122 Å². The molecule has 0 spiro atoms. The highest BCUT2D eigenvalue weighted by molar-refractivity contribution is 14.1. The van der Waals surface area contributed by atoms with Crippen LogP contribution in [0.1, 0.15) is 50.5 Å². The molecular weight excluding hydrogens is 1640 g/mol. The Morgan fingerprint density at radius 1 is 0.624 bits per heavy atom. The average molecular weight is 1710 g/mol. The first-order valence-electron chi connectivity index (χ1n) is 29.7. The van der Waals surface area contributed by atoms with E-state index in [2.05, 4.69) is 108 Å². The minimum Gasteiger partial charge on any atom is -0.403 e. The van der Waals surface area contributed by atoms with Crippen molar-refractivity contribution in [2.24, 2.45) is 21.1 Å². The Morgan fingerprint density at radius 2 is 1.08 bits per heavy atom. The third-order valence-corrected chi connectivity index (χ3v) is 15.6. The number of rotatable bonds is 25. The summed E-state index contributed by atoms with van der Waals surface area (Å²) >= 11 is 11.7. The molecule has 3 amide bonds. The number of aliphatic hydroxyl groups is 3. The van der Waals surface area contributed by atoms with E-state index >= 15 is 0 Å². The van der Waals surface area contributed by atoms with Crippen molar-refractivity contribution in [3.8, 4) is 11.5 Å². The van der Waals surface area contributed by atoms with Gasteiger partial charge in [0.1, 0.15) is 30.2 Å². The zero-order valence-corrected chi connectivity index (χ0v) is 61.2. The number of benzene rings is 4. The van der Waals surface area contributed by atoms with Gasteiger partial charge in [-0.15, -0.1) is 11.7 Å². The molecule has 28 nitrogen and oxygen atoms in total. The highest BCUT2D eigenvalue weighted by Crippen LogP contribution is 2.34. The fraction of sp³-hybridized carbons (Fsp3) is 0.215.